The van der Waals surface area contributed by atoms with Crippen LogP contribution in [0.25, 0.3) is 11.0 Å². The van der Waals surface area contributed by atoms with Gasteiger partial charge in [0.2, 0.25) is 0 Å². The summed E-state index contributed by atoms with van der Waals surface area (Å²) in [5, 5.41) is 2.94. The standard InChI is InChI=1S/C26H28N4O2/c1-20-12-14-21(15-13-20)32-19-7-18-30-24-10-3-2-8-22(24)29-25(30)11-6-17-28-26(31)23-9-4-5-16-27-23/h2-5,8-10,12-16H,6-7,11,17-19H2,1H3,(H,28,31). The molecule has 32 heavy (non-hydrogen) atoms. The van der Waals surface area contributed by atoms with Crippen LogP contribution in [0.15, 0.2) is 72.9 Å². The molecule has 4 rings (SSSR count). The predicted octanol–water partition coefficient (Wildman–Crippen LogP) is 4.57. The number of benzene rings is 2. The maximum Gasteiger partial charge on any atom is 0.269 e. The Kier molecular flexibility index (Phi) is 7.12. The largest absolute Gasteiger partial charge is 0.494 e. The van der Waals surface area contributed by atoms with E-state index in [-0.39, 0.29) is 5.91 Å². The lowest BCUT2D eigenvalue weighted by Crippen LogP contribution is -2.25. The van der Waals surface area contributed by atoms with Gasteiger partial charge in [-0.15, -0.1) is 0 Å². The van der Waals surface area contributed by atoms with Gasteiger partial charge in [0, 0.05) is 25.7 Å². The van der Waals surface area contributed by atoms with E-state index in [9.17, 15) is 4.79 Å². The van der Waals surface area contributed by atoms with Crippen LogP contribution in [0.2, 0.25) is 0 Å². The molecule has 2 aromatic heterocycles. The second-order valence-corrected chi connectivity index (χ2v) is 7.76. The van der Waals surface area contributed by atoms with Crippen LogP contribution in [0.5, 0.6) is 5.75 Å². The molecule has 0 fully saturated rings. The molecule has 164 valence electrons. The van der Waals surface area contributed by atoms with Crippen molar-refractivity contribution in [1.82, 2.24) is 19.9 Å². The number of carbonyl (C=O) groups excluding carboxylic acids is 1. The van der Waals surface area contributed by atoms with E-state index in [0.29, 0.717) is 18.8 Å². The van der Waals surface area contributed by atoms with E-state index in [1.54, 1.807) is 18.3 Å². The third-order valence-corrected chi connectivity index (χ3v) is 5.31. The van der Waals surface area contributed by atoms with Crippen molar-refractivity contribution < 1.29 is 9.53 Å². The highest BCUT2D eigenvalue weighted by molar-refractivity contribution is 5.92. The Morgan fingerprint density at radius 3 is 2.62 bits per heavy atom. The molecule has 1 N–H and O–H groups in total. The van der Waals surface area contributed by atoms with Crippen molar-refractivity contribution in [3.63, 3.8) is 0 Å². The van der Waals surface area contributed by atoms with Gasteiger partial charge in [-0.1, -0.05) is 35.9 Å². The first-order valence-corrected chi connectivity index (χ1v) is 11.0. The van der Waals surface area contributed by atoms with Gasteiger partial charge in [0.05, 0.1) is 17.6 Å². The summed E-state index contributed by atoms with van der Waals surface area (Å²) in [4.78, 5) is 21.1. The Morgan fingerprint density at radius 1 is 1.00 bits per heavy atom. The van der Waals surface area contributed by atoms with Crippen molar-refractivity contribution in [3.8, 4) is 5.75 Å². The number of rotatable bonds is 10. The van der Waals surface area contributed by atoms with Gasteiger partial charge in [0.1, 0.15) is 17.3 Å². The van der Waals surface area contributed by atoms with Crippen LogP contribution >= 0.6 is 0 Å². The summed E-state index contributed by atoms with van der Waals surface area (Å²) in [6, 6.07) is 21.7. The van der Waals surface area contributed by atoms with Crippen LogP contribution in [0.1, 0.15) is 34.7 Å². The molecule has 0 aliphatic rings. The molecule has 1 amide bonds. The molecule has 0 saturated carbocycles. The highest BCUT2D eigenvalue weighted by Gasteiger charge is 2.11. The van der Waals surface area contributed by atoms with Crippen LogP contribution in [0, 0.1) is 6.92 Å². The smallest absolute Gasteiger partial charge is 0.269 e. The van der Waals surface area contributed by atoms with E-state index in [1.807, 2.05) is 36.4 Å². The first-order chi connectivity index (χ1) is 15.7. The zero-order valence-corrected chi connectivity index (χ0v) is 18.3. The SMILES string of the molecule is Cc1ccc(OCCCn2c(CCCNC(=O)c3ccccn3)nc3ccccc32)cc1. The van der Waals surface area contributed by atoms with E-state index in [4.69, 9.17) is 9.72 Å². The number of aryl methyl sites for hydroxylation is 3. The van der Waals surface area contributed by atoms with E-state index >= 15 is 0 Å². The van der Waals surface area contributed by atoms with Gasteiger partial charge in [-0.05, 0) is 56.2 Å². The second kappa shape index (κ2) is 10.6. The van der Waals surface area contributed by atoms with Crippen molar-refractivity contribution in [3.05, 3.63) is 90.0 Å². The van der Waals surface area contributed by atoms with E-state index < -0.39 is 0 Å². The van der Waals surface area contributed by atoms with Crippen molar-refractivity contribution >= 4 is 16.9 Å². The lowest BCUT2D eigenvalue weighted by atomic mass is 10.2. The van der Waals surface area contributed by atoms with Crippen molar-refractivity contribution in [2.75, 3.05) is 13.2 Å². The summed E-state index contributed by atoms with van der Waals surface area (Å²) in [6.07, 6.45) is 4.11. The Balaban J connectivity index is 1.32. The number of hydrogen-bond acceptors (Lipinski definition) is 4. The fourth-order valence-corrected chi connectivity index (χ4v) is 3.65. The zero-order valence-electron chi connectivity index (χ0n) is 18.3. The van der Waals surface area contributed by atoms with Gasteiger partial charge in [-0.25, -0.2) is 4.98 Å². The Morgan fingerprint density at radius 2 is 1.81 bits per heavy atom. The molecule has 0 bridgehead atoms. The molecule has 2 heterocycles. The molecule has 6 heteroatoms. The number of fused-ring (bicyclic) bond motifs is 1. The molecule has 0 saturated heterocycles. The average molecular weight is 429 g/mol. The van der Waals surface area contributed by atoms with Crippen molar-refractivity contribution in [1.29, 1.82) is 0 Å². The molecule has 0 aliphatic carbocycles. The topological polar surface area (TPSA) is 69.0 Å². The summed E-state index contributed by atoms with van der Waals surface area (Å²) < 4.78 is 8.16. The summed E-state index contributed by atoms with van der Waals surface area (Å²) in [5.74, 6) is 1.79. The quantitative estimate of drug-likeness (QED) is 0.376. The molecule has 0 atom stereocenters. The summed E-state index contributed by atoms with van der Waals surface area (Å²) in [6.45, 7) is 4.13. The molecule has 4 aromatic rings. The predicted molar refractivity (Wildman–Crippen MR) is 126 cm³/mol. The average Bonchev–Trinajstić information content (AvgIpc) is 3.18. The van der Waals surface area contributed by atoms with Crippen LogP contribution in [0.3, 0.4) is 0 Å². The molecular formula is C26H28N4O2. The van der Waals surface area contributed by atoms with E-state index in [0.717, 1.165) is 48.4 Å². The normalized spacial score (nSPS) is 10.9. The number of para-hydroxylation sites is 2. The monoisotopic (exact) mass is 428 g/mol. The highest BCUT2D eigenvalue weighted by Crippen LogP contribution is 2.18. The molecule has 2 aromatic carbocycles. The maximum absolute atomic E-state index is 12.2. The number of nitrogens with one attached hydrogen (secondary N) is 1. The molecule has 6 nitrogen and oxygen atoms in total. The number of hydrogen-bond donors (Lipinski definition) is 1. The van der Waals surface area contributed by atoms with Crippen molar-refractivity contribution in [2.45, 2.75) is 32.7 Å². The van der Waals surface area contributed by atoms with Crippen LogP contribution in [-0.2, 0) is 13.0 Å². The number of imidazole rings is 1. The maximum atomic E-state index is 12.2. The lowest BCUT2D eigenvalue weighted by molar-refractivity contribution is 0.0948. The highest BCUT2D eigenvalue weighted by atomic mass is 16.5. The lowest BCUT2D eigenvalue weighted by Gasteiger charge is -2.11. The first kappa shape index (κ1) is 21.6. The van der Waals surface area contributed by atoms with Gasteiger partial charge in [0.25, 0.3) is 5.91 Å². The van der Waals surface area contributed by atoms with Gasteiger partial charge in [0.15, 0.2) is 0 Å². The van der Waals surface area contributed by atoms with Gasteiger partial charge >= 0.3 is 0 Å². The van der Waals surface area contributed by atoms with Crippen molar-refractivity contribution in [2.24, 2.45) is 0 Å². The first-order valence-electron chi connectivity index (χ1n) is 11.0. The van der Waals surface area contributed by atoms with Gasteiger partial charge in [-0.2, -0.15) is 0 Å². The third kappa shape index (κ3) is 5.52. The number of carbonyl (C=O) groups is 1. The fraction of sp³-hybridized carbons (Fsp3) is 0.269. The summed E-state index contributed by atoms with van der Waals surface area (Å²) in [7, 11) is 0. The third-order valence-electron chi connectivity index (χ3n) is 5.31. The molecule has 0 aliphatic heterocycles. The van der Waals surface area contributed by atoms with E-state index in [2.05, 4.69) is 40.0 Å². The molecule has 0 unspecified atom stereocenters. The number of amides is 1. The Bertz CT molecular complexity index is 1150. The Labute approximate surface area is 188 Å². The van der Waals surface area contributed by atoms with Gasteiger partial charge < -0.3 is 14.6 Å². The Hall–Kier alpha value is -3.67. The minimum absolute atomic E-state index is 0.146. The minimum atomic E-state index is -0.146. The molecule has 0 radical (unpaired) electrons. The van der Waals surface area contributed by atoms with Crippen LogP contribution in [0.4, 0.5) is 0 Å². The minimum Gasteiger partial charge on any atom is -0.494 e. The number of aromatic nitrogens is 3. The van der Waals surface area contributed by atoms with E-state index in [1.165, 1.54) is 5.56 Å². The fourth-order valence-electron chi connectivity index (χ4n) is 3.65. The number of pyridine rings is 1. The second-order valence-electron chi connectivity index (χ2n) is 7.76. The molecule has 0 spiro atoms. The summed E-state index contributed by atoms with van der Waals surface area (Å²) in [5.41, 5.74) is 3.80. The van der Waals surface area contributed by atoms with Crippen LogP contribution < -0.4 is 10.1 Å². The molecular weight excluding hydrogens is 400 g/mol. The number of nitrogens with zero attached hydrogens (tertiary/aromatic N) is 3. The van der Waals surface area contributed by atoms with Crippen LogP contribution in [-0.4, -0.2) is 33.6 Å². The zero-order chi connectivity index (χ0) is 22.2. The van der Waals surface area contributed by atoms with Gasteiger partial charge in [-0.3, -0.25) is 9.78 Å². The summed E-state index contributed by atoms with van der Waals surface area (Å²) >= 11 is 0. The number of ether oxygens (including phenoxy) is 1.